The molecule has 3 aliphatic heterocycles. The van der Waals surface area contributed by atoms with Crippen LogP contribution < -0.4 is 10.6 Å². The van der Waals surface area contributed by atoms with Gasteiger partial charge in [0.05, 0.1) is 18.9 Å². The zero-order valence-electron chi connectivity index (χ0n) is 18.7. The summed E-state index contributed by atoms with van der Waals surface area (Å²) in [6.07, 6.45) is 4.86. The van der Waals surface area contributed by atoms with Crippen molar-refractivity contribution >= 4 is 23.3 Å². The summed E-state index contributed by atoms with van der Waals surface area (Å²) in [5, 5.41) is 5.52. The van der Waals surface area contributed by atoms with Gasteiger partial charge in [0, 0.05) is 50.9 Å². The highest BCUT2D eigenvalue weighted by molar-refractivity contribution is 5.93. The van der Waals surface area contributed by atoms with Crippen LogP contribution in [-0.4, -0.2) is 91.7 Å². The van der Waals surface area contributed by atoms with E-state index >= 15 is 0 Å². The van der Waals surface area contributed by atoms with E-state index in [1.54, 1.807) is 0 Å². The monoisotopic (exact) mass is 447 g/mol. The maximum Gasteiger partial charge on any atom is 0.321 e. The van der Waals surface area contributed by atoms with E-state index in [-0.39, 0.29) is 24.0 Å². The summed E-state index contributed by atoms with van der Waals surface area (Å²) in [7, 11) is 0. The van der Waals surface area contributed by atoms with Gasteiger partial charge in [0.2, 0.25) is 5.91 Å². The highest BCUT2D eigenvalue weighted by atomic mass is 19.1. The molecular formula is C23H34FN5O3. The van der Waals surface area contributed by atoms with Crippen LogP contribution >= 0.6 is 0 Å². The Balaban J connectivity index is 1.29. The number of nitrogens with zero attached hydrogens (tertiary/aromatic N) is 3. The van der Waals surface area contributed by atoms with Crippen molar-refractivity contribution in [3.05, 3.63) is 24.0 Å². The van der Waals surface area contributed by atoms with Crippen molar-refractivity contribution in [2.24, 2.45) is 0 Å². The Kier molecular flexibility index (Phi) is 7.94. The number of ether oxygens (including phenoxy) is 1. The first-order valence-corrected chi connectivity index (χ1v) is 11.8. The van der Waals surface area contributed by atoms with Crippen LogP contribution in [0.1, 0.15) is 32.1 Å². The number of morpholine rings is 1. The molecule has 176 valence electrons. The summed E-state index contributed by atoms with van der Waals surface area (Å²) in [4.78, 5) is 31.6. The summed E-state index contributed by atoms with van der Waals surface area (Å²) in [5.41, 5.74) is 0.562. The predicted octanol–water partition coefficient (Wildman–Crippen LogP) is 2.58. The van der Waals surface area contributed by atoms with E-state index < -0.39 is 5.82 Å². The third kappa shape index (κ3) is 6.17. The number of anilines is 2. The molecule has 0 spiro atoms. The first-order valence-electron chi connectivity index (χ1n) is 11.8. The molecule has 0 aromatic heterocycles. The van der Waals surface area contributed by atoms with Gasteiger partial charge in [-0.05, 0) is 57.0 Å². The number of urea groups is 1. The molecule has 8 nitrogen and oxygen atoms in total. The molecule has 1 aromatic carbocycles. The largest absolute Gasteiger partial charge is 0.379 e. The molecule has 0 unspecified atom stereocenters. The van der Waals surface area contributed by atoms with Gasteiger partial charge in [-0.2, -0.15) is 0 Å². The van der Waals surface area contributed by atoms with Crippen molar-refractivity contribution < 1.29 is 18.7 Å². The van der Waals surface area contributed by atoms with E-state index in [1.165, 1.54) is 31.0 Å². The lowest BCUT2D eigenvalue weighted by atomic mass is 10.0. The second-order valence-electron chi connectivity index (χ2n) is 8.86. The number of hydrogen-bond acceptors (Lipinski definition) is 5. The van der Waals surface area contributed by atoms with Crippen molar-refractivity contribution in [2.75, 3.05) is 69.7 Å². The first kappa shape index (κ1) is 22.9. The summed E-state index contributed by atoms with van der Waals surface area (Å²) in [6, 6.07) is 4.54. The van der Waals surface area contributed by atoms with Crippen LogP contribution in [0.4, 0.5) is 20.6 Å². The van der Waals surface area contributed by atoms with Crippen LogP contribution in [-0.2, 0) is 9.53 Å². The van der Waals surface area contributed by atoms with E-state index in [9.17, 15) is 14.0 Å². The number of nitrogens with one attached hydrogen (secondary N) is 2. The van der Waals surface area contributed by atoms with Gasteiger partial charge in [-0.25, -0.2) is 9.18 Å². The van der Waals surface area contributed by atoms with Crippen LogP contribution in [0.5, 0.6) is 0 Å². The van der Waals surface area contributed by atoms with Crippen molar-refractivity contribution in [3.8, 4) is 0 Å². The van der Waals surface area contributed by atoms with Gasteiger partial charge in [-0.3, -0.25) is 14.6 Å². The molecule has 0 saturated carbocycles. The Bertz CT molecular complexity index is 796. The summed E-state index contributed by atoms with van der Waals surface area (Å²) >= 11 is 0. The lowest BCUT2D eigenvalue weighted by Gasteiger charge is -2.37. The van der Waals surface area contributed by atoms with E-state index in [4.69, 9.17) is 4.74 Å². The Labute approximate surface area is 189 Å². The fraction of sp³-hybridized carbons (Fsp3) is 0.652. The van der Waals surface area contributed by atoms with Crippen LogP contribution in [0.2, 0.25) is 0 Å². The van der Waals surface area contributed by atoms with Crippen LogP contribution in [0.15, 0.2) is 18.2 Å². The summed E-state index contributed by atoms with van der Waals surface area (Å²) < 4.78 is 19.6. The molecular weight excluding hydrogens is 413 g/mol. The number of amides is 3. The number of rotatable bonds is 6. The topological polar surface area (TPSA) is 77.1 Å². The van der Waals surface area contributed by atoms with E-state index in [1.807, 2.05) is 4.90 Å². The molecule has 3 heterocycles. The third-order valence-electron chi connectivity index (χ3n) is 6.59. The van der Waals surface area contributed by atoms with Gasteiger partial charge in [-0.1, -0.05) is 0 Å². The van der Waals surface area contributed by atoms with Crippen LogP contribution in [0.3, 0.4) is 0 Å². The van der Waals surface area contributed by atoms with Crippen molar-refractivity contribution in [2.45, 2.75) is 38.1 Å². The number of likely N-dealkylation sites (tertiary alicyclic amines) is 2. The van der Waals surface area contributed by atoms with Gasteiger partial charge in [0.1, 0.15) is 5.82 Å². The molecule has 1 aromatic rings. The highest BCUT2D eigenvalue weighted by Gasteiger charge is 2.29. The molecule has 3 aliphatic rings. The van der Waals surface area contributed by atoms with Crippen molar-refractivity contribution in [1.82, 2.24) is 14.7 Å². The number of halogens is 1. The average molecular weight is 448 g/mol. The molecule has 3 saturated heterocycles. The smallest absolute Gasteiger partial charge is 0.321 e. The molecule has 1 atom stereocenters. The molecule has 0 bridgehead atoms. The quantitative estimate of drug-likeness (QED) is 0.701. The normalized spacial score (nSPS) is 22.7. The number of benzene rings is 1. The van der Waals surface area contributed by atoms with Gasteiger partial charge in [0.25, 0.3) is 0 Å². The Morgan fingerprint density at radius 2 is 1.81 bits per heavy atom. The minimum atomic E-state index is -0.519. The second kappa shape index (κ2) is 11.1. The Morgan fingerprint density at radius 3 is 2.59 bits per heavy atom. The van der Waals surface area contributed by atoms with Crippen molar-refractivity contribution in [1.29, 1.82) is 0 Å². The van der Waals surface area contributed by atoms with Crippen molar-refractivity contribution in [3.63, 3.8) is 0 Å². The first-order chi connectivity index (χ1) is 15.6. The number of piperidine rings is 1. The highest BCUT2D eigenvalue weighted by Crippen LogP contribution is 2.23. The molecule has 3 fully saturated rings. The fourth-order valence-electron chi connectivity index (χ4n) is 4.74. The van der Waals surface area contributed by atoms with Gasteiger partial charge < -0.3 is 20.3 Å². The number of hydrogen-bond donors (Lipinski definition) is 2. The Morgan fingerprint density at radius 1 is 1.03 bits per heavy atom. The maximum absolute atomic E-state index is 14.3. The van der Waals surface area contributed by atoms with E-state index in [0.717, 1.165) is 52.1 Å². The fourth-order valence-corrected chi connectivity index (χ4v) is 4.74. The molecule has 9 heteroatoms. The van der Waals surface area contributed by atoms with Gasteiger partial charge in [0.15, 0.2) is 0 Å². The Hall–Kier alpha value is -2.23. The molecule has 0 aliphatic carbocycles. The lowest BCUT2D eigenvalue weighted by molar-refractivity contribution is -0.116. The SMILES string of the molecule is O=C(CCN1CCOCC1)Nc1cc(NC(=O)N2CCC[C@@H](N3CCCC3)C2)ccc1F. The predicted molar refractivity (Wildman–Crippen MR) is 121 cm³/mol. The van der Waals surface area contributed by atoms with Gasteiger partial charge >= 0.3 is 6.03 Å². The van der Waals surface area contributed by atoms with E-state index in [0.29, 0.717) is 31.5 Å². The summed E-state index contributed by atoms with van der Waals surface area (Å²) in [6.45, 7) is 7.25. The van der Waals surface area contributed by atoms with E-state index in [2.05, 4.69) is 20.4 Å². The number of carbonyl (C=O) groups is 2. The number of carbonyl (C=O) groups excluding carboxylic acids is 2. The molecule has 32 heavy (non-hydrogen) atoms. The molecule has 4 rings (SSSR count). The van der Waals surface area contributed by atoms with Gasteiger partial charge in [-0.15, -0.1) is 0 Å². The maximum atomic E-state index is 14.3. The third-order valence-corrected chi connectivity index (χ3v) is 6.59. The summed E-state index contributed by atoms with van der Waals surface area (Å²) in [5.74, 6) is -0.766. The zero-order valence-corrected chi connectivity index (χ0v) is 18.7. The minimum absolute atomic E-state index is 0.0864. The standard InChI is InChI=1S/C23H34FN5O3/c24-20-6-5-18(16-21(20)26-22(30)7-11-27-12-14-32-15-13-27)25-23(31)29-10-3-4-19(17-29)28-8-1-2-9-28/h5-6,16,19H,1-4,7-15,17H2,(H,25,31)(H,26,30)/t19-/m1/s1. The molecule has 2 N–H and O–H groups in total. The van der Waals surface area contributed by atoms with Crippen LogP contribution in [0.25, 0.3) is 0 Å². The lowest BCUT2D eigenvalue weighted by Crippen LogP contribution is -2.50. The van der Waals surface area contributed by atoms with Crippen LogP contribution in [0, 0.1) is 5.82 Å². The zero-order chi connectivity index (χ0) is 22.3. The average Bonchev–Trinajstić information content (AvgIpc) is 3.36. The minimum Gasteiger partial charge on any atom is -0.379 e. The molecule has 0 radical (unpaired) electrons. The second-order valence-corrected chi connectivity index (χ2v) is 8.86. The molecule has 3 amide bonds.